The van der Waals surface area contributed by atoms with Crippen LogP contribution in [-0.2, 0) is 12.3 Å². The van der Waals surface area contributed by atoms with Crippen molar-refractivity contribution in [1.82, 2.24) is 0 Å². The molecule has 0 bridgehead atoms. The van der Waals surface area contributed by atoms with Crippen LogP contribution in [0.3, 0.4) is 0 Å². The third kappa shape index (κ3) is 3.83. The van der Waals surface area contributed by atoms with Crippen molar-refractivity contribution in [3.05, 3.63) is 50.4 Å². The SMILES string of the molecule is CSCc1ccc(CNc2cc(I)ccc2Cl)o1. The molecule has 2 rings (SSSR count). The minimum atomic E-state index is 0.647. The van der Waals surface area contributed by atoms with E-state index in [4.69, 9.17) is 16.0 Å². The number of furan rings is 1. The molecule has 96 valence electrons. The Morgan fingerprint density at radius 1 is 1.28 bits per heavy atom. The Balaban J connectivity index is 1.99. The molecule has 0 saturated carbocycles. The maximum absolute atomic E-state index is 6.12. The van der Waals surface area contributed by atoms with E-state index in [2.05, 4.69) is 34.2 Å². The first-order valence-electron chi connectivity index (χ1n) is 5.44. The number of rotatable bonds is 5. The van der Waals surface area contributed by atoms with Gasteiger partial charge in [0.25, 0.3) is 0 Å². The Kier molecular flexibility index (Phi) is 5.26. The second kappa shape index (κ2) is 6.73. The average molecular weight is 394 g/mol. The molecule has 1 heterocycles. The maximum atomic E-state index is 6.12. The smallest absolute Gasteiger partial charge is 0.123 e. The maximum Gasteiger partial charge on any atom is 0.123 e. The van der Waals surface area contributed by atoms with Crippen LogP contribution in [-0.4, -0.2) is 6.26 Å². The lowest BCUT2D eigenvalue weighted by atomic mass is 10.3. The highest BCUT2D eigenvalue weighted by molar-refractivity contribution is 14.1. The predicted octanol–water partition coefficient (Wildman–Crippen LogP) is 5.01. The molecular formula is C13H13ClINOS. The molecule has 5 heteroatoms. The van der Waals surface area contributed by atoms with Crippen LogP contribution in [0, 0.1) is 3.57 Å². The van der Waals surface area contributed by atoms with Gasteiger partial charge in [0.05, 0.1) is 23.0 Å². The van der Waals surface area contributed by atoms with Crippen LogP contribution >= 0.6 is 46.0 Å². The molecule has 0 aliphatic rings. The highest BCUT2D eigenvalue weighted by Gasteiger charge is 2.04. The number of anilines is 1. The van der Waals surface area contributed by atoms with Crippen LogP contribution in [0.5, 0.6) is 0 Å². The van der Waals surface area contributed by atoms with Gasteiger partial charge in [-0.05, 0) is 59.2 Å². The minimum absolute atomic E-state index is 0.647. The summed E-state index contributed by atoms with van der Waals surface area (Å²) < 4.78 is 6.84. The summed E-state index contributed by atoms with van der Waals surface area (Å²) >= 11 is 10.1. The van der Waals surface area contributed by atoms with Gasteiger partial charge in [-0.1, -0.05) is 11.6 Å². The lowest BCUT2D eigenvalue weighted by Gasteiger charge is -2.07. The molecule has 0 radical (unpaired) electrons. The van der Waals surface area contributed by atoms with Crippen molar-refractivity contribution in [3.8, 4) is 0 Å². The van der Waals surface area contributed by atoms with E-state index >= 15 is 0 Å². The molecular weight excluding hydrogens is 381 g/mol. The molecule has 18 heavy (non-hydrogen) atoms. The number of benzene rings is 1. The lowest BCUT2D eigenvalue weighted by Crippen LogP contribution is -1.99. The van der Waals surface area contributed by atoms with Crippen LogP contribution < -0.4 is 5.32 Å². The molecule has 1 N–H and O–H groups in total. The summed E-state index contributed by atoms with van der Waals surface area (Å²) in [6, 6.07) is 9.92. The van der Waals surface area contributed by atoms with E-state index in [1.165, 1.54) is 0 Å². The largest absolute Gasteiger partial charge is 0.463 e. The molecule has 0 aliphatic heterocycles. The van der Waals surface area contributed by atoms with Crippen LogP contribution in [0.1, 0.15) is 11.5 Å². The zero-order valence-electron chi connectivity index (χ0n) is 9.87. The van der Waals surface area contributed by atoms with Gasteiger partial charge < -0.3 is 9.73 Å². The highest BCUT2D eigenvalue weighted by Crippen LogP contribution is 2.24. The molecule has 0 unspecified atom stereocenters. The van der Waals surface area contributed by atoms with E-state index < -0.39 is 0 Å². The van der Waals surface area contributed by atoms with Crippen molar-refractivity contribution in [2.45, 2.75) is 12.3 Å². The van der Waals surface area contributed by atoms with Gasteiger partial charge in [0, 0.05) is 3.57 Å². The summed E-state index contributed by atoms with van der Waals surface area (Å²) in [5.41, 5.74) is 0.936. The van der Waals surface area contributed by atoms with Gasteiger partial charge in [0.2, 0.25) is 0 Å². The van der Waals surface area contributed by atoms with Crippen LogP contribution in [0.2, 0.25) is 5.02 Å². The molecule has 1 aromatic heterocycles. The van der Waals surface area contributed by atoms with E-state index in [9.17, 15) is 0 Å². The molecule has 0 spiro atoms. The standard InChI is InChI=1S/C13H13ClINOS/c1-18-8-11-4-3-10(17-11)7-16-13-6-9(15)2-5-12(13)14/h2-6,16H,7-8H2,1H3. The summed E-state index contributed by atoms with van der Waals surface area (Å²) in [7, 11) is 0. The Labute approximate surface area is 130 Å². The zero-order chi connectivity index (χ0) is 13.0. The molecule has 0 amide bonds. The van der Waals surface area contributed by atoms with Crippen molar-refractivity contribution in [2.75, 3.05) is 11.6 Å². The molecule has 0 aliphatic carbocycles. The number of thioether (sulfide) groups is 1. The summed E-state index contributed by atoms with van der Waals surface area (Å²) in [6.45, 7) is 0.647. The third-order valence-electron chi connectivity index (χ3n) is 2.39. The fourth-order valence-electron chi connectivity index (χ4n) is 1.55. The number of halogens is 2. The van der Waals surface area contributed by atoms with Gasteiger partial charge in [-0.25, -0.2) is 0 Å². The van der Waals surface area contributed by atoms with E-state index in [0.29, 0.717) is 6.54 Å². The first-order valence-corrected chi connectivity index (χ1v) is 8.29. The highest BCUT2D eigenvalue weighted by atomic mass is 127. The first kappa shape index (κ1) is 14.1. The van der Waals surface area contributed by atoms with E-state index in [1.807, 2.05) is 30.3 Å². The summed E-state index contributed by atoms with van der Waals surface area (Å²) in [6.07, 6.45) is 2.06. The Bertz CT molecular complexity index is 529. The van der Waals surface area contributed by atoms with Crippen molar-refractivity contribution in [1.29, 1.82) is 0 Å². The van der Waals surface area contributed by atoms with Gasteiger partial charge in [0.1, 0.15) is 11.5 Å². The second-order valence-electron chi connectivity index (χ2n) is 3.78. The minimum Gasteiger partial charge on any atom is -0.463 e. The molecule has 0 fully saturated rings. The second-order valence-corrected chi connectivity index (χ2v) is 6.30. The van der Waals surface area contributed by atoms with Gasteiger partial charge in [-0.2, -0.15) is 11.8 Å². The number of hydrogen-bond donors (Lipinski definition) is 1. The first-order chi connectivity index (χ1) is 8.69. The summed E-state index contributed by atoms with van der Waals surface area (Å²) in [5, 5.41) is 4.02. The fraction of sp³-hybridized carbons (Fsp3) is 0.231. The Morgan fingerprint density at radius 2 is 2.06 bits per heavy atom. The molecule has 0 atom stereocenters. The molecule has 2 nitrogen and oxygen atoms in total. The van der Waals surface area contributed by atoms with Crippen molar-refractivity contribution < 1.29 is 4.42 Å². The normalized spacial score (nSPS) is 10.6. The predicted molar refractivity (Wildman–Crippen MR) is 87.4 cm³/mol. The van der Waals surface area contributed by atoms with Crippen LogP contribution in [0.15, 0.2) is 34.7 Å². The quantitative estimate of drug-likeness (QED) is 0.723. The van der Waals surface area contributed by atoms with Crippen molar-refractivity contribution >= 4 is 51.6 Å². The van der Waals surface area contributed by atoms with E-state index in [1.54, 1.807) is 11.8 Å². The average Bonchev–Trinajstić information content (AvgIpc) is 2.79. The molecule has 2 aromatic rings. The fourth-order valence-corrected chi connectivity index (χ4v) is 2.67. The Morgan fingerprint density at radius 3 is 2.83 bits per heavy atom. The van der Waals surface area contributed by atoms with Gasteiger partial charge in [0.15, 0.2) is 0 Å². The van der Waals surface area contributed by atoms with Gasteiger partial charge in [-0.15, -0.1) is 0 Å². The van der Waals surface area contributed by atoms with E-state index in [0.717, 1.165) is 31.6 Å². The third-order valence-corrected chi connectivity index (χ3v) is 3.96. The van der Waals surface area contributed by atoms with Gasteiger partial charge in [-0.3, -0.25) is 0 Å². The van der Waals surface area contributed by atoms with Crippen LogP contribution in [0.25, 0.3) is 0 Å². The summed E-state index contributed by atoms with van der Waals surface area (Å²) in [5.74, 6) is 2.84. The monoisotopic (exact) mass is 393 g/mol. The number of nitrogens with one attached hydrogen (secondary N) is 1. The van der Waals surface area contributed by atoms with Crippen LogP contribution in [0.4, 0.5) is 5.69 Å². The van der Waals surface area contributed by atoms with Crippen molar-refractivity contribution in [3.63, 3.8) is 0 Å². The number of hydrogen-bond acceptors (Lipinski definition) is 3. The van der Waals surface area contributed by atoms with E-state index in [-0.39, 0.29) is 0 Å². The lowest BCUT2D eigenvalue weighted by molar-refractivity contribution is 0.487. The van der Waals surface area contributed by atoms with Crippen molar-refractivity contribution in [2.24, 2.45) is 0 Å². The molecule has 1 aromatic carbocycles. The van der Waals surface area contributed by atoms with Gasteiger partial charge >= 0.3 is 0 Å². The topological polar surface area (TPSA) is 25.2 Å². The zero-order valence-corrected chi connectivity index (χ0v) is 13.6. The Hall–Kier alpha value is -0.330. The molecule has 0 saturated heterocycles. The summed E-state index contributed by atoms with van der Waals surface area (Å²) in [4.78, 5) is 0.